The second-order valence-corrected chi connectivity index (χ2v) is 5.79. The van der Waals surface area contributed by atoms with Gasteiger partial charge in [-0.05, 0) is 29.9 Å². The van der Waals surface area contributed by atoms with E-state index in [0.717, 1.165) is 50.6 Å². The van der Waals surface area contributed by atoms with E-state index in [9.17, 15) is 4.79 Å². The summed E-state index contributed by atoms with van der Waals surface area (Å²) < 4.78 is 5.31. The first-order valence-electron chi connectivity index (χ1n) is 7.88. The number of morpholine rings is 1. The van der Waals surface area contributed by atoms with Crippen LogP contribution in [0.3, 0.4) is 0 Å². The average Bonchev–Trinajstić information content (AvgIpc) is 2.57. The summed E-state index contributed by atoms with van der Waals surface area (Å²) in [7, 11) is 0. The van der Waals surface area contributed by atoms with Crippen LogP contribution in [0.4, 0.5) is 5.69 Å². The Labute approximate surface area is 147 Å². The van der Waals surface area contributed by atoms with Crippen molar-refractivity contribution in [3.05, 3.63) is 29.8 Å². The lowest BCUT2D eigenvalue weighted by atomic mass is 10.2. The van der Waals surface area contributed by atoms with Crippen LogP contribution >= 0.6 is 12.2 Å². The molecule has 0 aromatic heterocycles. The topological polar surface area (TPSA) is 78.0 Å². The summed E-state index contributed by atoms with van der Waals surface area (Å²) in [5.74, 6) is -0.0911. The number of carbonyl (C=O) groups excluding carboxylic acids is 1. The van der Waals surface area contributed by atoms with E-state index in [-0.39, 0.29) is 5.91 Å². The van der Waals surface area contributed by atoms with Crippen LogP contribution in [0.15, 0.2) is 29.4 Å². The molecule has 3 N–H and O–H groups in total. The minimum absolute atomic E-state index is 0.0911. The fourth-order valence-corrected chi connectivity index (χ4v) is 2.37. The number of thiocarbonyl (C=S) groups is 1. The van der Waals surface area contributed by atoms with Crippen molar-refractivity contribution in [1.82, 2.24) is 15.6 Å². The SMILES string of the molecule is CC(=O)Nc1ccc(C=NNC(=S)NCCN2CCOCC2)cc1. The molecule has 0 bridgehead atoms. The van der Waals surface area contributed by atoms with Crippen molar-refractivity contribution in [1.29, 1.82) is 0 Å². The molecule has 2 rings (SSSR count). The highest BCUT2D eigenvalue weighted by Crippen LogP contribution is 2.07. The Hall–Kier alpha value is -2.03. The number of hydrogen-bond acceptors (Lipinski definition) is 5. The molecule has 1 heterocycles. The third-order valence-corrected chi connectivity index (χ3v) is 3.66. The minimum atomic E-state index is -0.0911. The summed E-state index contributed by atoms with van der Waals surface area (Å²) in [5, 5.41) is 10.4. The van der Waals surface area contributed by atoms with Gasteiger partial charge < -0.3 is 15.4 Å². The highest BCUT2D eigenvalue weighted by Gasteiger charge is 2.09. The lowest BCUT2D eigenvalue weighted by Gasteiger charge is -2.26. The van der Waals surface area contributed by atoms with Crippen molar-refractivity contribution in [2.75, 3.05) is 44.7 Å². The molecule has 0 radical (unpaired) electrons. The van der Waals surface area contributed by atoms with Gasteiger partial charge >= 0.3 is 0 Å². The van der Waals surface area contributed by atoms with Crippen LogP contribution in [-0.2, 0) is 9.53 Å². The van der Waals surface area contributed by atoms with Crippen LogP contribution < -0.4 is 16.1 Å². The molecule has 0 aliphatic carbocycles. The predicted octanol–water partition coefficient (Wildman–Crippen LogP) is 0.775. The third-order valence-electron chi connectivity index (χ3n) is 3.43. The van der Waals surface area contributed by atoms with Crippen molar-refractivity contribution in [3.8, 4) is 0 Å². The van der Waals surface area contributed by atoms with E-state index < -0.39 is 0 Å². The van der Waals surface area contributed by atoms with E-state index in [1.807, 2.05) is 24.3 Å². The zero-order valence-corrected chi connectivity index (χ0v) is 14.6. The number of nitrogens with zero attached hydrogens (tertiary/aromatic N) is 2. The zero-order valence-electron chi connectivity index (χ0n) is 13.7. The van der Waals surface area contributed by atoms with E-state index in [1.165, 1.54) is 6.92 Å². The van der Waals surface area contributed by atoms with Crippen LogP contribution in [0.25, 0.3) is 0 Å². The molecule has 7 nitrogen and oxygen atoms in total. The van der Waals surface area contributed by atoms with Gasteiger partial charge in [-0.3, -0.25) is 15.1 Å². The van der Waals surface area contributed by atoms with Crippen LogP contribution in [-0.4, -0.2) is 61.5 Å². The number of hydrazone groups is 1. The molecule has 0 unspecified atom stereocenters. The first-order valence-corrected chi connectivity index (χ1v) is 8.29. The molecule has 0 atom stereocenters. The van der Waals surface area contributed by atoms with Gasteiger partial charge in [0.15, 0.2) is 5.11 Å². The zero-order chi connectivity index (χ0) is 17.2. The minimum Gasteiger partial charge on any atom is -0.379 e. The van der Waals surface area contributed by atoms with E-state index >= 15 is 0 Å². The lowest BCUT2D eigenvalue weighted by molar-refractivity contribution is -0.114. The quantitative estimate of drug-likeness (QED) is 0.400. The van der Waals surface area contributed by atoms with Crippen LogP contribution in [0, 0.1) is 0 Å². The highest BCUT2D eigenvalue weighted by atomic mass is 32.1. The van der Waals surface area contributed by atoms with Gasteiger partial charge in [-0.15, -0.1) is 0 Å². The smallest absolute Gasteiger partial charge is 0.221 e. The second kappa shape index (κ2) is 9.96. The second-order valence-electron chi connectivity index (χ2n) is 5.38. The largest absolute Gasteiger partial charge is 0.379 e. The maximum Gasteiger partial charge on any atom is 0.221 e. The number of hydrogen-bond donors (Lipinski definition) is 3. The molecule has 1 saturated heterocycles. The van der Waals surface area contributed by atoms with Gasteiger partial charge in [0.05, 0.1) is 19.4 Å². The molecule has 24 heavy (non-hydrogen) atoms. The molecule has 1 fully saturated rings. The van der Waals surface area contributed by atoms with Crippen molar-refractivity contribution in [3.63, 3.8) is 0 Å². The number of rotatable bonds is 6. The normalized spacial score (nSPS) is 15.2. The first-order chi connectivity index (χ1) is 11.6. The molecular weight excluding hydrogens is 326 g/mol. The standard InChI is InChI=1S/C16H23N5O2S/c1-13(22)19-15-4-2-14(3-5-15)12-18-20-16(24)17-6-7-21-8-10-23-11-9-21/h2-5,12H,6-11H2,1H3,(H,19,22)(H2,17,20,24). The molecule has 1 aromatic rings. The van der Waals surface area contributed by atoms with Crippen molar-refractivity contribution < 1.29 is 9.53 Å². The maximum atomic E-state index is 11.0. The molecule has 1 aromatic carbocycles. The van der Waals surface area contributed by atoms with Gasteiger partial charge in [-0.1, -0.05) is 12.1 Å². The summed E-state index contributed by atoms with van der Waals surface area (Å²) in [6, 6.07) is 7.38. The number of anilines is 1. The molecule has 1 amide bonds. The Bertz CT molecular complexity index is 570. The summed E-state index contributed by atoms with van der Waals surface area (Å²) in [6.07, 6.45) is 1.67. The molecule has 130 valence electrons. The van der Waals surface area contributed by atoms with Gasteiger partial charge in [-0.2, -0.15) is 5.10 Å². The summed E-state index contributed by atoms with van der Waals surface area (Å²) in [5.41, 5.74) is 4.46. The van der Waals surface area contributed by atoms with Crippen LogP contribution in [0.2, 0.25) is 0 Å². The first kappa shape index (κ1) is 18.3. The lowest BCUT2D eigenvalue weighted by Crippen LogP contribution is -2.42. The number of benzene rings is 1. The number of amides is 1. The van der Waals surface area contributed by atoms with Crippen molar-refractivity contribution in [2.24, 2.45) is 5.10 Å². The third kappa shape index (κ3) is 7.03. The summed E-state index contributed by atoms with van der Waals surface area (Å²) in [4.78, 5) is 13.3. The van der Waals surface area contributed by atoms with Gasteiger partial charge in [-0.25, -0.2) is 0 Å². The number of ether oxygens (including phenoxy) is 1. The summed E-state index contributed by atoms with van der Waals surface area (Å²) >= 11 is 5.18. The molecule has 1 aliphatic heterocycles. The molecule has 8 heteroatoms. The maximum absolute atomic E-state index is 11.0. The van der Waals surface area contributed by atoms with Gasteiger partial charge in [0.2, 0.25) is 5.91 Å². The van der Waals surface area contributed by atoms with Crippen LogP contribution in [0.1, 0.15) is 12.5 Å². The number of carbonyl (C=O) groups is 1. The van der Waals surface area contributed by atoms with Crippen molar-refractivity contribution >= 4 is 35.1 Å². The van der Waals surface area contributed by atoms with Gasteiger partial charge in [0, 0.05) is 38.8 Å². The highest BCUT2D eigenvalue weighted by molar-refractivity contribution is 7.80. The Morgan fingerprint density at radius 1 is 1.33 bits per heavy atom. The van der Waals surface area contributed by atoms with Gasteiger partial charge in [0.25, 0.3) is 0 Å². The Morgan fingerprint density at radius 3 is 2.71 bits per heavy atom. The van der Waals surface area contributed by atoms with E-state index in [0.29, 0.717) is 5.11 Å². The van der Waals surface area contributed by atoms with E-state index in [4.69, 9.17) is 17.0 Å². The van der Waals surface area contributed by atoms with Crippen LogP contribution in [0.5, 0.6) is 0 Å². The molecular formula is C16H23N5O2S. The van der Waals surface area contributed by atoms with E-state index in [2.05, 4.69) is 26.1 Å². The molecule has 0 spiro atoms. The van der Waals surface area contributed by atoms with Gasteiger partial charge in [0.1, 0.15) is 0 Å². The Kier molecular flexibility index (Phi) is 7.60. The summed E-state index contributed by atoms with van der Waals surface area (Å²) in [6.45, 7) is 6.71. The molecule has 1 aliphatic rings. The monoisotopic (exact) mass is 349 g/mol. The molecule has 0 saturated carbocycles. The van der Waals surface area contributed by atoms with E-state index in [1.54, 1.807) is 6.21 Å². The fourth-order valence-electron chi connectivity index (χ4n) is 2.21. The fraction of sp³-hybridized carbons (Fsp3) is 0.438. The number of nitrogens with one attached hydrogen (secondary N) is 3. The average molecular weight is 349 g/mol. The Morgan fingerprint density at radius 2 is 2.04 bits per heavy atom. The Balaban J connectivity index is 1.65. The van der Waals surface area contributed by atoms with Crippen molar-refractivity contribution in [2.45, 2.75) is 6.92 Å². The predicted molar refractivity (Wildman–Crippen MR) is 99.3 cm³/mol.